The van der Waals surface area contributed by atoms with Crippen molar-refractivity contribution >= 4 is 35.1 Å². The molecule has 1 aliphatic rings. The van der Waals surface area contributed by atoms with Gasteiger partial charge in [-0.1, -0.05) is 30.3 Å². The van der Waals surface area contributed by atoms with Crippen LogP contribution >= 0.6 is 0 Å². The molecular weight excluding hydrogens is 450 g/mol. The number of carbonyl (C=O) groups is 4. The van der Waals surface area contributed by atoms with E-state index in [4.69, 9.17) is 9.47 Å². The Kier molecular flexibility index (Phi) is 7.06. The predicted molar refractivity (Wildman–Crippen MR) is 128 cm³/mol. The SMILES string of the molecule is COC(=O)c1cccc(CN2C(=O)COc3ccc(NC(=O)CNC(=O)c4ccccc4)cc32)c1. The van der Waals surface area contributed by atoms with Crippen LogP contribution in [0.3, 0.4) is 0 Å². The van der Waals surface area contributed by atoms with E-state index in [1.165, 1.54) is 12.0 Å². The molecule has 9 heteroatoms. The van der Waals surface area contributed by atoms with Crippen LogP contribution in [0.2, 0.25) is 0 Å². The molecule has 1 heterocycles. The summed E-state index contributed by atoms with van der Waals surface area (Å²) >= 11 is 0. The minimum atomic E-state index is -0.468. The van der Waals surface area contributed by atoms with Crippen LogP contribution in [0.1, 0.15) is 26.3 Å². The lowest BCUT2D eigenvalue weighted by Gasteiger charge is -2.30. The van der Waals surface area contributed by atoms with Gasteiger partial charge in [-0.2, -0.15) is 0 Å². The van der Waals surface area contributed by atoms with Crippen molar-refractivity contribution in [2.24, 2.45) is 0 Å². The van der Waals surface area contributed by atoms with Crippen molar-refractivity contribution in [3.05, 3.63) is 89.5 Å². The van der Waals surface area contributed by atoms with Gasteiger partial charge < -0.3 is 25.0 Å². The van der Waals surface area contributed by atoms with Gasteiger partial charge in [-0.15, -0.1) is 0 Å². The second kappa shape index (κ2) is 10.5. The Morgan fingerprint density at radius 3 is 2.51 bits per heavy atom. The maximum absolute atomic E-state index is 12.7. The molecule has 0 spiro atoms. The van der Waals surface area contributed by atoms with Gasteiger partial charge in [0.1, 0.15) is 5.75 Å². The number of carbonyl (C=O) groups excluding carboxylic acids is 4. The van der Waals surface area contributed by atoms with E-state index in [0.717, 1.165) is 5.56 Å². The Bertz CT molecular complexity index is 1280. The molecule has 0 radical (unpaired) electrons. The summed E-state index contributed by atoms with van der Waals surface area (Å²) in [6.07, 6.45) is 0. The maximum Gasteiger partial charge on any atom is 0.337 e. The quantitative estimate of drug-likeness (QED) is 0.510. The van der Waals surface area contributed by atoms with Gasteiger partial charge in [-0.05, 0) is 48.0 Å². The monoisotopic (exact) mass is 473 g/mol. The zero-order chi connectivity index (χ0) is 24.8. The highest BCUT2D eigenvalue weighted by atomic mass is 16.5. The summed E-state index contributed by atoms with van der Waals surface area (Å²) in [6.45, 7) is -0.143. The van der Waals surface area contributed by atoms with Crippen molar-refractivity contribution in [1.29, 1.82) is 0 Å². The molecule has 178 valence electrons. The Balaban J connectivity index is 1.46. The highest BCUT2D eigenvalue weighted by molar-refractivity contribution is 6.01. The normalized spacial score (nSPS) is 12.3. The predicted octanol–water partition coefficient (Wildman–Crippen LogP) is 2.77. The van der Waals surface area contributed by atoms with E-state index in [1.54, 1.807) is 72.8 Å². The number of ether oxygens (including phenoxy) is 2. The zero-order valence-corrected chi connectivity index (χ0v) is 18.9. The first-order valence-electron chi connectivity index (χ1n) is 10.8. The second-order valence-corrected chi connectivity index (χ2v) is 7.74. The van der Waals surface area contributed by atoms with Crippen molar-refractivity contribution in [2.45, 2.75) is 6.54 Å². The molecule has 0 saturated carbocycles. The lowest BCUT2D eigenvalue weighted by molar-refractivity contribution is -0.121. The molecule has 3 amide bonds. The smallest absolute Gasteiger partial charge is 0.337 e. The van der Waals surface area contributed by atoms with Crippen LogP contribution in [0.25, 0.3) is 0 Å². The average Bonchev–Trinajstić information content (AvgIpc) is 2.89. The average molecular weight is 473 g/mol. The van der Waals surface area contributed by atoms with Crippen molar-refractivity contribution in [3.63, 3.8) is 0 Å². The van der Waals surface area contributed by atoms with Gasteiger partial charge in [0.05, 0.1) is 31.5 Å². The van der Waals surface area contributed by atoms with Gasteiger partial charge in [0.15, 0.2) is 6.61 Å². The number of hydrogen-bond donors (Lipinski definition) is 2. The second-order valence-electron chi connectivity index (χ2n) is 7.74. The molecule has 0 aromatic heterocycles. The van der Waals surface area contributed by atoms with Gasteiger partial charge in [0, 0.05) is 11.3 Å². The highest BCUT2D eigenvalue weighted by Gasteiger charge is 2.26. The number of methoxy groups -OCH3 is 1. The number of nitrogens with one attached hydrogen (secondary N) is 2. The molecule has 4 rings (SSSR count). The van der Waals surface area contributed by atoms with E-state index in [2.05, 4.69) is 10.6 Å². The number of amides is 3. The Labute approximate surface area is 201 Å². The molecule has 0 unspecified atom stereocenters. The van der Waals surface area contributed by atoms with Crippen molar-refractivity contribution < 1.29 is 28.7 Å². The van der Waals surface area contributed by atoms with Crippen LogP contribution in [-0.2, 0) is 20.9 Å². The van der Waals surface area contributed by atoms with E-state index < -0.39 is 11.9 Å². The summed E-state index contributed by atoms with van der Waals surface area (Å²) in [6, 6.07) is 20.4. The van der Waals surface area contributed by atoms with Crippen LogP contribution in [0.4, 0.5) is 11.4 Å². The van der Waals surface area contributed by atoms with Gasteiger partial charge in [0.25, 0.3) is 11.8 Å². The zero-order valence-electron chi connectivity index (χ0n) is 18.9. The van der Waals surface area contributed by atoms with Crippen molar-refractivity contribution in [2.75, 3.05) is 30.5 Å². The molecule has 3 aromatic carbocycles. The maximum atomic E-state index is 12.7. The summed E-state index contributed by atoms with van der Waals surface area (Å²) in [7, 11) is 1.31. The Hall–Kier alpha value is -4.66. The molecule has 3 aromatic rings. The molecular formula is C26H23N3O6. The van der Waals surface area contributed by atoms with Gasteiger partial charge in [-0.25, -0.2) is 4.79 Å². The van der Waals surface area contributed by atoms with Crippen LogP contribution in [0, 0.1) is 0 Å². The largest absolute Gasteiger partial charge is 0.482 e. The van der Waals surface area contributed by atoms with E-state index in [1.807, 2.05) is 0 Å². The van der Waals surface area contributed by atoms with Crippen molar-refractivity contribution in [1.82, 2.24) is 5.32 Å². The fourth-order valence-corrected chi connectivity index (χ4v) is 3.61. The van der Waals surface area contributed by atoms with Gasteiger partial charge in [0.2, 0.25) is 5.91 Å². The number of fused-ring (bicyclic) bond motifs is 1. The summed E-state index contributed by atoms with van der Waals surface area (Å²) in [5.41, 5.74) is 2.48. The molecule has 35 heavy (non-hydrogen) atoms. The first-order chi connectivity index (χ1) is 16.9. The lowest BCUT2D eigenvalue weighted by atomic mass is 10.1. The number of nitrogens with zero attached hydrogens (tertiary/aromatic N) is 1. The first kappa shape index (κ1) is 23.5. The van der Waals surface area contributed by atoms with Crippen molar-refractivity contribution in [3.8, 4) is 5.75 Å². The topological polar surface area (TPSA) is 114 Å². The minimum Gasteiger partial charge on any atom is -0.482 e. The molecule has 1 aliphatic heterocycles. The number of rotatable bonds is 7. The third kappa shape index (κ3) is 5.64. The summed E-state index contributed by atoms with van der Waals surface area (Å²) in [5.74, 6) is -1.02. The summed E-state index contributed by atoms with van der Waals surface area (Å²) in [5, 5.41) is 5.29. The number of benzene rings is 3. The van der Waals surface area contributed by atoms with Crippen LogP contribution < -0.4 is 20.3 Å². The summed E-state index contributed by atoms with van der Waals surface area (Å²) < 4.78 is 10.3. The third-order valence-electron chi connectivity index (χ3n) is 5.32. The Morgan fingerprint density at radius 2 is 1.74 bits per heavy atom. The minimum absolute atomic E-state index is 0.124. The van der Waals surface area contributed by atoms with Crippen LogP contribution in [0.5, 0.6) is 5.75 Å². The lowest BCUT2D eigenvalue weighted by Crippen LogP contribution is -2.38. The first-order valence-corrected chi connectivity index (χ1v) is 10.8. The van der Waals surface area contributed by atoms with Crippen LogP contribution in [-0.4, -0.2) is 44.0 Å². The van der Waals surface area contributed by atoms with Gasteiger partial charge >= 0.3 is 5.97 Å². The standard InChI is InChI=1S/C26H23N3O6/c1-34-26(33)19-9-5-6-17(12-19)15-29-21-13-20(10-11-22(21)35-16-24(29)31)28-23(30)14-27-25(32)18-7-3-2-4-8-18/h2-13H,14-16H2,1H3,(H,27,32)(H,28,30). The fraction of sp³-hybridized carbons (Fsp3) is 0.154. The molecule has 0 fully saturated rings. The van der Waals surface area contributed by atoms with E-state index in [-0.39, 0.29) is 31.5 Å². The summed E-state index contributed by atoms with van der Waals surface area (Å²) in [4.78, 5) is 50.6. The molecule has 9 nitrogen and oxygen atoms in total. The molecule has 0 saturated heterocycles. The van der Waals surface area contributed by atoms with E-state index in [0.29, 0.717) is 28.3 Å². The molecule has 2 N–H and O–H groups in total. The Morgan fingerprint density at radius 1 is 0.971 bits per heavy atom. The van der Waals surface area contributed by atoms with Crippen LogP contribution in [0.15, 0.2) is 72.8 Å². The van der Waals surface area contributed by atoms with E-state index in [9.17, 15) is 19.2 Å². The third-order valence-corrected chi connectivity index (χ3v) is 5.32. The fourth-order valence-electron chi connectivity index (χ4n) is 3.61. The number of anilines is 2. The van der Waals surface area contributed by atoms with E-state index >= 15 is 0 Å². The van der Waals surface area contributed by atoms with Gasteiger partial charge in [-0.3, -0.25) is 14.4 Å². The molecule has 0 aliphatic carbocycles. The number of esters is 1. The molecule has 0 bridgehead atoms. The molecule has 0 atom stereocenters. The number of hydrogen-bond acceptors (Lipinski definition) is 6. The highest BCUT2D eigenvalue weighted by Crippen LogP contribution is 2.35.